The third-order valence-electron chi connectivity index (χ3n) is 2.49. The normalized spacial score (nSPS) is 16.5. The van der Waals surface area contributed by atoms with Crippen molar-refractivity contribution in [1.82, 2.24) is 0 Å². The Morgan fingerprint density at radius 3 is 1.85 bits per heavy atom. The molecule has 0 saturated carbocycles. The van der Waals surface area contributed by atoms with Gasteiger partial charge in [0, 0.05) is 0 Å². The second-order valence-electron chi connectivity index (χ2n) is 5.61. The van der Waals surface area contributed by atoms with Crippen molar-refractivity contribution in [2.75, 3.05) is 0 Å². The van der Waals surface area contributed by atoms with Crippen LogP contribution in [0, 0.1) is 17.3 Å². The average molecular weight is 182 g/mol. The van der Waals surface area contributed by atoms with Crippen LogP contribution >= 0.6 is 0 Å². The van der Waals surface area contributed by atoms with E-state index in [-0.39, 0.29) is 0 Å². The molecule has 0 nitrogen and oxygen atoms in total. The minimum Gasteiger partial charge on any atom is -0.0879 e. The molecule has 0 saturated heterocycles. The third-order valence-corrected chi connectivity index (χ3v) is 2.49. The molecule has 0 aliphatic carbocycles. The smallest absolute Gasteiger partial charge is 0.0224 e. The molecular weight excluding hydrogens is 156 g/mol. The van der Waals surface area contributed by atoms with Gasteiger partial charge in [0.25, 0.3) is 0 Å². The van der Waals surface area contributed by atoms with Crippen LogP contribution in [-0.2, 0) is 0 Å². The summed E-state index contributed by atoms with van der Waals surface area (Å²) in [5.74, 6) is 1.42. The molecule has 0 aliphatic heterocycles. The van der Waals surface area contributed by atoms with Gasteiger partial charge in [-0.05, 0) is 30.6 Å². The van der Waals surface area contributed by atoms with E-state index in [1.165, 1.54) is 6.42 Å². The van der Waals surface area contributed by atoms with Crippen LogP contribution in [0.15, 0.2) is 11.6 Å². The zero-order valence-electron chi connectivity index (χ0n) is 10.4. The van der Waals surface area contributed by atoms with Gasteiger partial charge in [-0.15, -0.1) is 0 Å². The Morgan fingerprint density at radius 1 is 1.15 bits per heavy atom. The van der Waals surface area contributed by atoms with Gasteiger partial charge in [-0.25, -0.2) is 0 Å². The summed E-state index contributed by atoms with van der Waals surface area (Å²) in [5.41, 5.74) is 2.05. The Kier molecular flexibility index (Phi) is 4.74. The van der Waals surface area contributed by atoms with E-state index in [4.69, 9.17) is 0 Å². The highest BCUT2D eigenvalue weighted by Gasteiger charge is 2.19. The summed E-state index contributed by atoms with van der Waals surface area (Å²) in [6.45, 7) is 16.0. The first-order valence-corrected chi connectivity index (χ1v) is 5.44. The van der Waals surface area contributed by atoms with Crippen molar-refractivity contribution in [1.29, 1.82) is 0 Å². The lowest BCUT2D eigenvalue weighted by atomic mass is 9.79. The molecule has 0 spiro atoms. The van der Waals surface area contributed by atoms with Crippen molar-refractivity contribution >= 4 is 0 Å². The number of allylic oxidation sites excluding steroid dienone is 2. The lowest BCUT2D eigenvalue weighted by Gasteiger charge is -2.27. The molecule has 0 rings (SSSR count). The van der Waals surface area contributed by atoms with Gasteiger partial charge < -0.3 is 0 Å². The van der Waals surface area contributed by atoms with Gasteiger partial charge in [-0.3, -0.25) is 0 Å². The number of hydrogen-bond donors (Lipinski definition) is 0. The summed E-state index contributed by atoms with van der Waals surface area (Å²) >= 11 is 0. The summed E-state index contributed by atoms with van der Waals surface area (Å²) in [6, 6.07) is 0. The van der Waals surface area contributed by atoms with E-state index in [1.807, 2.05) is 0 Å². The van der Waals surface area contributed by atoms with Gasteiger partial charge in [-0.1, -0.05) is 53.2 Å². The summed E-state index contributed by atoms with van der Waals surface area (Å²) in [7, 11) is 0. The Balaban J connectivity index is 4.33. The first kappa shape index (κ1) is 12.7. The van der Waals surface area contributed by atoms with E-state index >= 15 is 0 Å². The molecule has 0 bridgehead atoms. The summed E-state index contributed by atoms with van der Waals surface area (Å²) < 4.78 is 0. The Morgan fingerprint density at radius 2 is 1.62 bits per heavy atom. The van der Waals surface area contributed by atoms with E-state index in [1.54, 1.807) is 5.57 Å². The molecule has 13 heavy (non-hydrogen) atoms. The maximum atomic E-state index is 2.35. The summed E-state index contributed by atoms with van der Waals surface area (Å²) in [4.78, 5) is 0. The Bertz CT molecular complexity index is 167. The Labute approximate surface area is 84.4 Å². The second-order valence-corrected chi connectivity index (χ2v) is 5.61. The van der Waals surface area contributed by atoms with Crippen molar-refractivity contribution < 1.29 is 0 Å². The molecule has 0 heteroatoms. The lowest BCUT2D eigenvalue weighted by Crippen LogP contribution is -2.15. The molecule has 78 valence electrons. The van der Waals surface area contributed by atoms with Gasteiger partial charge in [0.2, 0.25) is 0 Å². The number of rotatable bonds is 3. The molecule has 0 aromatic heterocycles. The predicted molar refractivity (Wildman–Crippen MR) is 61.8 cm³/mol. The van der Waals surface area contributed by atoms with E-state index in [2.05, 4.69) is 54.5 Å². The molecule has 0 aliphatic rings. The van der Waals surface area contributed by atoms with Crippen molar-refractivity contribution in [3.63, 3.8) is 0 Å². The van der Waals surface area contributed by atoms with E-state index in [0.29, 0.717) is 11.3 Å². The maximum Gasteiger partial charge on any atom is -0.0224 e. The van der Waals surface area contributed by atoms with Gasteiger partial charge in [-0.2, -0.15) is 0 Å². The lowest BCUT2D eigenvalue weighted by molar-refractivity contribution is 0.320. The van der Waals surface area contributed by atoms with Crippen molar-refractivity contribution in [2.24, 2.45) is 17.3 Å². The minimum absolute atomic E-state index is 0.447. The molecule has 0 N–H and O–H groups in total. The van der Waals surface area contributed by atoms with Crippen LogP contribution in [-0.4, -0.2) is 0 Å². The van der Waals surface area contributed by atoms with Gasteiger partial charge in [0.05, 0.1) is 0 Å². The highest BCUT2D eigenvalue weighted by atomic mass is 14.2. The van der Waals surface area contributed by atoms with Crippen molar-refractivity contribution in [3.8, 4) is 0 Å². The predicted octanol–water partition coefficient (Wildman–Crippen LogP) is 4.66. The summed E-state index contributed by atoms with van der Waals surface area (Å²) in [5, 5.41) is 0. The third kappa shape index (κ3) is 5.13. The highest BCUT2D eigenvalue weighted by Crippen LogP contribution is 2.31. The SMILES string of the molecule is CC=C(C(C)C)C(C)CC(C)(C)C. The van der Waals surface area contributed by atoms with Crippen LogP contribution in [0.25, 0.3) is 0 Å². The fourth-order valence-electron chi connectivity index (χ4n) is 2.22. The topological polar surface area (TPSA) is 0 Å². The van der Waals surface area contributed by atoms with Crippen LogP contribution < -0.4 is 0 Å². The largest absolute Gasteiger partial charge is 0.0879 e. The zero-order valence-corrected chi connectivity index (χ0v) is 10.4. The van der Waals surface area contributed by atoms with Crippen LogP contribution in [0.4, 0.5) is 0 Å². The van der Waals surface area contributed by atoms with Crippen molar-refractivity contribution in [2.45, 2.75) is 54.9 Å². The standard InChI is InChI=1S/C13H26/c1-8-12(10(2)3)11(4)9-13(5,6)7/h8,10-11H,9H2,1-7H3. The maximum absolute atomic E-state index is 2.35. The molecule has 0 aromatic carbocycles. The van der Waals surface area contributed by atoms with E-state index in [0.717, 1.165) is 5.92 Å². The number of hydrogen-bond acceptors (Lipinski definition) is 0. The molecule has 0 fully saturated rings. The van der Waals surface area contributed by atoms with E-state index in [9.17, 15) is 0 Å². The minimum atomic E-state index is 0.447. The first-order chi connectivity index (χ1) is 5.78. The molecule has 1 atom stereocenters. The molecule has 0 radical (unpaired) electrons. The van der Waals surface area contributed by atoms with Crippen LogP contribution in [0.5, 0.6) is 0 Å². The quantitative estimate of drug-likeness (QED) is 0.557. The first-order valence-electron chi connectivity index (χ1n) is 5.44. The molecule has 0 heterocycles. The fraction of sp³-hybridized carbons (Fsp3) is 0.846. The second kappa shape index (κ2) is 4.83. The highest BCUT2D eigenvalue weighted by molar-refractivity contribution is 5.07. The van der Waals surface area contributed by atoms with Gasteiger partial charge >= 0.3 is 0 Å². The van der Waals surface area contributed by atoms with Gasteiger partial charge in [0.1, 0.15) is 0 Å². The Hall–Kier alpha value is -0.260. The van der Waals surface area contributed by atoms with Crippen LogP contribution in [0.3, 0.4) is 0 Å². The average Bonchev–Trinajstić information content (AvgIpc) is 1.82. The van der Waals surface area contributed by atoms with E-state index < -0.39 is 0 Å². The zero-order chi connectivity index (χ0) is 10.6. The molecular formula is C13H26. The van der Waals surface area contributed by atoms with Crippen LogP contribution in [0.2, 0.25) is 0 Å². The fourth-order valence-corrected chi connectivity index (χ4v) is 2.22. The summed E-state index contributed by atoms with van der Waals surface area (Å²) in [6.07, 6.45) is 3.58. The monoisotopic (exact) mass is 182 g/mol. The van der Waals surface area contributed by atoms with Crippen LogP contribution in [0.1, 0.15) is 54.9 Å². The molecule has 1 unspecified atom stereocenters. The molecule has 0 amide bonds. The van der Waals surface area contributed by atoms with Crippen molar-refractivity contribution in [3.05, 3.63) is 11.6 Å². The molecule has 0 aromatic rings. The van der Waals surface area contributed by atoms with Gasteiger partial charge in [0.15, 0.2) is 0 Å².